The van der Waals surface area contributed by atoms with Gasteiger partial charge in [-0.2, -0.15) is 0 Å². The first-order chi connectivity index (χ1) is 7.63. The molecule has 0 aliphatic heterocycles. The largest absolute Gasteiger partial charge is 0.315 e. The van der Waals surface area contributed by atoms with Crippen LogP contribution in [0.2, 0.25) is 5.02 Å². The van der Waals surface area contributed by atoms with Crippen molar-refractivity contribution in [2.24, 2.45) is 0 Å². The van der Waals surface area contributed by atoms with Crippen molar-refractivity contribution in [1.29, 1.82) is 0 Å². The normalized spacial score (nSPS) is 12.8. The van der Waals surface area contributed by atoms with Crippen LogP contribution in [-0.4, -0.2) is 12.6 Å². The van der Waals surface area contributed by atoms with Crippen LogP contribution in [0.3, 0.4) is 0 Å². The van der Waals surface area contributed by atoms with Crippen LogP contribution in [0.5, 0.6) is 0 Å². The molecule has 1 nitrogen and oxygen atoms in total. The maximum atomic E-state index is 12.8. The van der Waals surface area contributed by atoms with Crippen molar-refractivity contribution in [2.75, 3.05) is 6.54 Å². The summed E-state index contributed by atoms with van der Waals surface area (Å²) in [4.78, 5) is 0. The van der Waals surface area contributed by atoms with Crippen LogP contribution >= 0.6 is 11.6 Å². The zero-order valence-electron chi connectivity index (χ0n) is 9.89. The molecule has 0 heterocycles. The molecule has 1 N–H and O–H groups in total. The smallest absolute Gasteiger partial charge is 0.124 e. The Balaban J connectivity index is 2.37. The number of benzene rings is 1. The predicted octanol–water partition coefficient (Wildman–Crippen LogP) is 3.80. The van der Waals surface area contributed by atoms with Gasteiger partial charge in [-0.25, -0.2) is 4.39 Å². The average Bonchev–Trinajstić information content (AvgIpc) is 2.22. The Morgan fingerprint density at radius 1 is 1.44 bits per heavy atom. The average molecular weight is 244 g/mol. The Hall–Kier alpha value is -0.600. The molecule has 90 valence electrons. The van der Waals surface area contributed by atoms with E-state index >= 15 is 0 Å². The summed E-state index contributed by atoms with van der Waals surface area (Å²) >= 11 is 5.95. The van der Waals surface area contributed by atoms with Gasteiger partial charge in [0.2, 0.25) is 0 Å². The summed E-state index contributed by atoms with van der Waals surface area (Å²) in [7, 11) is 0. The van der Waals surface area contributed by atoms with Gasteiger partial charge in [0.15, 0.2) is 0 Å². The molecule has 1 unspecified atom stereocenters. The third-order valence-electron chi connectivity index (χ3n) is 2.65. The molecular formula is C13H19ClFN. The number of aryl methyl sites for hydroxylation is 1. The Bertz CT molecular complexity index is 328. The lowest BCUT2D eigenvalue weighted by molar-refractivity contribution is 0.512. The van der Waals surface area contributed by atoms with Crippen LogP contribution in [0.15, 0.2) is 18.2 Å². The molecule has 0 radical (unpaired) electrons. The molecule has 0 aliphatic carbocycles. The van der Waals surface area contributed by atoms with Gasteiger partial charge in [0.1, 0.15) is 5.82 Å². The van der Waals surface area contributed by atoms with Gasteiger partial charge in [-0.15, -0.1) is 0 Å². The maximum absolute atomic E-state index is 12.8. The highest BCUT2D eigenvalue weighted by Crippen LogP contribution is 2.19. The second kappa shape index (κ2) is 6.87. The molecule has 0 amide bonds. The Kier molecular flexibility index (Phi) is 5.78. The van der Waals surface area contributed by atoms with Gasteiger partial charge >= 0.3 is 0 Å². The zero-order valence-corrected chi connectivity index (χ0v) is 10.6. The van der Waals surface area contributed by atoms with E-state index in [-0.39, 0.29) is 5.82 Å². The fourth-order valence-electron chi connectivity index (χ4n) is 1.77. The number of rotatable bonds is 6. The van der Waals surface area contributed by atoms with Crippen LogP contribution in [0.4, 0.5) is 4.39 Å². The monoisotopic (exact) mass is 243 g/mol. The second-order valence-electron chi connectivity index (χ2n) is 4.09. The number of hydrogen-bond donors (Lipinski definition) is 1. The number of halogens is 2. The molecule has 0 aromatic heterocycles. The summed E-state index contributed by atoms with van der Waals surface area (Å²) in [5.74, 6) is -0.269. The van der Waals surface area contributed by atoms with Crippen LogP contribution in [-0.2, 0) is 6.42 Å². The first-order valence-corrected chi connectivity index (χ1v) is 6.18. The van der Waals surface area contributed by atoms with Crippen LogP contribution in [0.1, 0.15) is 32.3 Å². The lowest BCUT2D eigenvalue weighted by Gasteiger charge is -2.12. The van der Waals surface area contributed by atoms with Crippen molar-refractivity contribution in [3.05, 3.63) is 34.6 Å². The molecule has 0 saturated carbocycles. The molecule has 1 rings (SSSR count). The summed E-state index contributed by atoms with van der Waals surface area (Å²) in [6.45, 7) is 5.28. The van der Waals surface area contributed by atoms with Crippen molar-refractivity contribution in [3.63, 3.8) is 0 Å². The first-order valence-electron chi connectivity index (χ1n) is 5.80. The quantitative estimate of drug-likeness (QED) is 0.802. The molecule has 0 bridgehead atoms. The van der Waals surface area contributed by atoms with E-state index in [0.29, 0.717) is 11.1 Å². The highest BCUT2D eigenvalue weighted by Gasteiger charge is 2.04. The van der Waals surface area contributed by atoms with E-state index in [1.807, 2.05) is 0 Å². The van der Waals surface area contributed by atoms with E-state index in [2.05, 4.69) is 19.2 Å². The predicted molar refractivity (Wildman–Crippen MR) is 67.5 cm³/mol. The SMILES string of the molecule is CCNC(C)CCCc1ccc(F)cc1Cl. The van der Waals surface area contributed by atoms with E-state index in [9.17, 15) is 4.39 Å². The summed E-state index contributed by atoms with van der Waals surface area (Å²) < 4.78 is 12.8. The van der Waals surface area contributed by atoms with Crippen LogP contribution < -0.4 is 5.32 Å². The molecule has 1 atom stereocenters. The number of nitrogens with one attached hydrogen (secondary N) is 1. The van der Waals surface area contributed by atoms with Crippen LogP contribution in [0, 0.1) is 5.82 Å². The third-order valence-corrected chi connectivity index (χ3v) is 3.00. The lowest BCUT2D eigenvalue weighted by Crippen LogP contribution is -2.25. The third kappa shape index (κ3) is 4.50. The van der Waals surface area contributed by atoms with Gasteiger partial charge in [-0.05, 0) is 50.4 Å². The first kappa shape index (κ1) is 13.5. The molecule has 16 heavy (non-hydrogen) atoms. The van der Waals surface area contributed by atoms with Crippen molar-refractivity contribution in [3.8, 4) is 0 Å². The van der Waals surface area contributed by atoms with Crippen LogP contribution in [0.25, 0.3) is 0 Å². The van der Waals surface area contributed by atoms with Gasteiger partial charge in [-0.3, -0.25) is 0 Å². The van der Waals surface area contributed by atoms with Crippen molar-refractivity contribution in [2.45, 2.75) is 39.2 Å². The van der Waals surface area contributed by atoms with E-state index in [1.54, 1.807) is 6.07 Å². The summed E-state index contributed by atoms with van der Waals surface area (Å²) in [5.41, 5.74) is 1.03. The number of hydrogen-bond acceptors (Lipinski definition) is 1. The molecule has 1 aromatic rings. The highest BCUT2D eigenvalue weighted by molar-refractivity contribution is 6.31. The standard InChI is InChI=1S/C13H19ClFN/c1-3-16-10(2)5-4-6-11-7-8-12(15)9-13(11)14/h7-10,16H,3-6H2,1-2H3. The van der Waals surface area contributed by atoms with Crippen molar-refractivity contribution >= 4 is 11.6 Å². The fourth-order valence-corrected chi connectivity index (χ4v) is 2.04. The summed E-state index contributed by atoms with van der Waals surface area (Å²) in [6.07, 6.45) is 3.09. The fraction of sp³-hybridized carbons (Fsp3) is 0.538. The van der Waals surface area contributed by atoms with Crippen molar-refractivity contribution < 1.29 is 4.39 Å². The molecule has 0 fully saturated rings. The second-order valence-corrected chi connectivity index (χ2v) is 4.49. The lowest BCUT2D eigenvalue weighted by atomic mass is 10.1. The van der Waals surface area contributed by atoms with Gasteiger partial charge in [-0.1, -0.05) is 24.6 Å². The van der Waals surface area contributed by atoms with Crippen molar-refractivity contribution in [1.82, 2.24) is 5.32 Å². The maximum Gasteiger partial charge on any atom is 0.124 e. The molecule has 3 heteroatoms. The minimum absolute atomic E-state index is 0.269. The zero-order chi connectivity index (χ0) is 12.0. The molecular weight excluding hydrogens is 225 g/mol. The highest BCUT2D eigenvalue weighted by atomic mass is 35.5. The Labute approximate surface area is 102 Å². The Morgan fingerprint density at radius 3 is 2.81 bits per heavy atom. The van der Waals surface area contributed by atoms with E-state index < -0.39 is 0 Å². The molecule has 0 aliphatic rings. The van der Waals surface area contributed by atoms with Gasteiger partial charge < -0.3 is 5.32 Å². The minimum Gasteiger partial charge on any atom is -0.315 e. The minimum atomic E-state index is -0.269. The van der Waals surface area contributed by atoms with E-state index in [4.69, 9.17) is 11.6 Å². The summed E-state index contributed by atoms with van der Waals surface area (Å²) in [5, 5.41) is 3.90. The summed E-state index contributed by atoms with van der Waals surface area (Å²) in [6, 6.07) is 5.15. The van der Waals surface area contributed by atoms with Gasteiger partial charge in [0.05, 0.1) is 0 Å². The van der Waals surface area contributed by atoms with Gasteiger partial charge in [0, 0.05) is 11.1 Å². The van der Waals surface area contributed by atoms with E-state index in [0.717, 1.165) is 31.4 Å². The van der Waals surface area contributed by atoms with E-state index in [1.165, 1.54) is 12.1 Å². The molecule has 0 spiro atoms. The molecule has 0 saturated heterocycles. The Morgan fingerprint density at radius 2 is 2.19 bits per heavy atom. The topological polar surface area (TPSA) is 12.0 Å². The molecule has 1 aromatic carbocycles. The van der Waals surface area contributed by atoms with Gasteiger partial charge in [0.25, 0.3) is 0 Å².